The number of hydrogen-bond donors (Lipinski definition) is 0. The summed E-state index contributed by atoms with van der Waals surface area (Å²) in [6, 6.07) is 10.6. The Kier molecular flexibility index (Phi) is 4.33. The van der Waals surface area contributed by atoms with Gasteiger partial charge in [0.15, 0.2) is 0 Å². The Morgan fingerprint density at radius 1 is 1.12 bits per heavy atom. The van der Waals surface area contributed by atoms with Crippen molar-refractivity contribution in [3.05, 3.63) is 46.1 Å². The molecule has 0 saturated heterocycles. The fourth-order valence-corrected chi connectivity index (χ4v) is 2.03. The summed E-state index contributed by atoms with van der Waals surface area (Å²) in [6.07, 6.45) is 5.28. The molecule has 1 heterocycles. The van der Waals surface area contributed by atoms with Crippen LogP contribution in [0.25, 0.3) is 0 Å². The average Bonchev–Trinajstić information content (AvgIpc) is 2.72. The van der Waals surface area contributed by atoms with Crippen molar-refractivity contribution < 1.29 is 0 Å². The monoisotopic (exact) mass is 327 g/mol. The van der Waals surface area contributed by atoms with E-state index in [9.17, 15) is 0 Å². The fraction of sp³-hybridized carbons (Fsp3) is 0.333. The van der Waals surface area contributed by atoms with Gasteiger partial charge in [-0.1, -0.05) is 30.3 Å². The quantitative estimate of drug-likeness (QED) is 0.624. The molecule has 0 amide bonds. The van der Waals surface area contributed by atoms with E-state index in [0.717, 1.165) is 23.2 Å². The van der Waals surface area contributed by atoms with Gasteiger partial charge in [-0.2, -0.15) is 0 Å². The van der Waals surface area contributed by atoms with Gasteiger partial charge in [0.2, 0.25) is 3.83 Å². The zero-order chi connectivity index (χ0) is 11.2. The van der Waals surface area contributed by atoms with Gasteiger partial charge in [-0.25, -0.2) is 4.98 Å². The first kappa shape index (κ1) is 11.6. The number of halogens is 1. The number of aromatic nitrogens is 3. The minimum absolute atomic E-state index is 0.820. The highest BCUT2D eigenvalue weighted by molar-refractivity contribution is 14.1. The lowest BCUT2D eigenvalue weighted by atomic mass is 10.1. The summed E-state index contributed by atoms with van der Waals surface area (Å²) in [4.78, 5) is 4.09. The Bertz CT molecular complexity index is 425. The van der Waals surface area contributed by atoms with E-state index in [2.05, 4.69) is 63.0 Å². The molecular formula is C12H14IN3. The van der Waals surface area contributed by atoms with E-state index in [1.807, 2.05) is 4.68 Å². The molecule has 0 N–H and O–H groups in total. The maximum Gasteiger partial charge on any atom is 0.211 e. The largest absolute Gasteiger partial charge is 0.252 e. The Hall–Kier alpha value is -0.910. The van der Waals surface area contributed by atoms with E-state index in [0.29, 0.717) is 0 Å². The number of benzene rings is 1. The predicted octanol–water partition coefficient (Wildman–Crippen LogP) is 2.91. The van der Waals surface area contributed by atoms with E-state index in [4.69, 9.17) is 0 Å². The summed E-state index contributed by atoms with van der Waals surface area (Å²) in [5.41, 5.74) is 1.41. The van der Waals surface area contributed by atoms with Crippen LogP contribution in [-0.2, 0) is 13.0 Å². The molecule has 0 radical (unpaired) electrons. The van der Waals surface area contributed by atoms with Gasteiger partial charge in [-0.3, -0.25) is 4.68 Å². The summed E-state index contributed by atoms with van der Waals surface area (Å²) in [6.45, 7) is 0.961. The zero-order valence-corrected chi connectivity index (χ0v) is 11.2. The van der Waals surface area contributed by atoms with Gasteiger partial charge in [0.05, 0.1) is 0 Å². The Labute approximate surface area is 109 Å². The second-order valence-corrected chi connectivity index (χ2v) is 4.68. The molecule has 1 aromatic carbocycles. The van der Waals surface area contributed by atoms with Gasteiger partial charge >= 0.3 is 0 Å². The predicted molar refractivity (Wildman–Crippen MR) is 72.1 cm³/mol. The van der Waals surface area contributed by atoms with Gasteiger partial charge in [-0.15, -0.1) is 5.10 Å². The molecule has 3 nitrogen and oxygen atoms in total. The lowest BCUT2D eigenvalue weighted by Gasteiger charge is -2.01. The summed E-state index contributed by atoms with van der Waals surface area (Å²) in [5.74, 6) is 0. The lowest BCUT2D eigenvalue weighted by molar-refractivity contribution is 0.554. The second kappa shape index (κ2) is 5.98. The van der Waals surface area contributed by atoms with E-state index in [1.165, 1.54) is 12.0 Å². The van der Waals surface area contributed by atoms with Gasteiger partial charge in [0.25, 0.3) is 0 Å². The smallest absolute Gasteiger partial charge is 0.211 e. The molecule has 0 fully saturated rings. The molecule has 84 valence electrons. The van der Waals surface area contributed by atoms with Crippen LogP contribution < -0.4 is 0 Å². The third-order valence-corrected chi connectivity index (χ3v) is 2.95. The molecule has 0 aliphatic rings. The van der Waals surface area contributed by atoms with Crippen LogP contribution in [0.2, 0.25) is 0 Å². The third kappa shape index (κ3) is 3.59. The van der Waals surface area contributed by atoms with Crippen molar-refractivity contribution in [1.29, 1.82) is 0 Å². The second-order valence-electron chi connectivity index (χ2n) is 3.72. The molecule has 1 aromatic heterocycles. The first-order valence-electron chi connectivity index (χ1n) is 5.43. The fourth-order valence-electron chi connectivity index (χ4n) is 1.63. The molecule has 0 unspecified atom stereocenters. The van der Waals surface area contributed by atoms with Gasteiger partial charge in [-0.05, 0) is 24.8 Å². The summed E-state index contributed by atoms with van der Waals surface area (Å²) in [5, 5.41) is 4.25. The molecule has 0 aliphatic carbocycles. The van der Waals surface area contributed by atoms with Crippen molar-refractivity contribution in [3.8, 4) is 0 Å². The molecule has 0 spiro atoms. The highest BCUT2D eigenvalue weighted by Gasteiger charge is 1.96. The Balaban J connectivity index is 1.69. The SMILES string of the molecule is Ic1ncn(CCCCc2ccccc2)n1. The van der Waals surface area contributed by atoms with E-state index < -0.39 is 0 Å². The van der Waals surface area contributed by atoms with Crippen molar-refractivity contribution in [1.82, 2.24) is 14.8 Å². The van der Waals surface area contributed by atoms with Crippen LogP contribution in [0.3, 0.4) is 0 Å². The van der Waals surface area contributed by atoms with Crippen LogP contribution in [0.4, 0.5) is 0 Å². The maximum absolute atomic E-state index is 4.25. The molecule has 0 atom stereocenters. The maximum atomic E-state index is 4.25. The topological polar surface area (TPSA) is 30.7 Å². The summed E-state index contributed by atoms with van der Waals surface area (Å²) < 4.78 is 2.73. The number of rotatable bonds is 5. The van der Waals surface area contributed by atoms with Crippen LogP contribution in [0.5, 0.6) is 0 Å². The molecule has 0 aliphatic heterocycles. The summed E-state index contributed by atoms with van der Waals surface area (Å²) >= 11 is 2.13. The lowest BCUT2D eigenvalue weighted by Crippen LogP contribution is -1.99. The highest BCUT2D eigenvalue weighted by atomic mass is 127. The molecule has 0 bridgehead atoms. The molecule has 2 rings (SSSR count). The van der Waals surface area contributed by atoms with E-state index in [-0.39, 0.29) is 0 Å². The molecule has 4 heteroatoms. The van der Waals surface area contributed by atoms with Crippen molar-refractivity contribution in [2.45, 2.75) is 25.8 Å². The Morgan fingerprint density at radius 2 is 1.94 bits per heavy atom. The van der Waals surface area contributed by atoms with E-state index >= 15 is 0 Å². The molecule has 0 saturated carbocycles. The van der Waals surface area contributed by atoms with Gasteiger partial charge < -0.3 is 0 Å². The van der Waals surface area contributed by atoms with Crippen LogP contribution in [0.15, 0.2) is 36.7 Å². The van der Waals surface area contributed by atoms with Crippen molar-refractivity contribution >= 4 is 22.6 Å². The number of unbranched alkanes of at least 4 members (excludes halogenated alkanes) is 1. The van der Waals surface area contributed by atoms with Crippen LogP contribution in [0, 0.1) is 3.83 Å². The van der Waals surface area contributed by atoms with Gasteiger partial charge in [0.1, 0.15) is 6.33 Å². The van der Waals surface area contributed by atoms with Gasteiger partial charge in [0, 0.05) is 29.1 Å². The number of nitrogens with zero attached hydrogens (tertiary/aromatic N) is 3. The zero-order valence-electron chi connectivity index (χ0n) is 9.01. The normalized spacial score (nSPS) is 10.6. The minimum Gasteiger partial charge on any atom is -0.252 e. The van der Waals surface area contributed by atoms with Crippen LogP contribution in [-0.4, -0.2) is 14.8 Å². The minimum atomic E-state index is 0.820. The highest BCUT2D eigenvalue weighted by Crippen LogP contribution is 2.05. The third-order valence-electron chi connectivity index (χ3n) is 2.45. The number of aryl methyl sites for hydroxylation is 2. The molecular weight excluding hydrogens is 313 g/mol. The van der Waals surface area contributed by atoms with Crippen molar-refractivity contribution in [2.75, 3.05) is 0 Å². The summed E-state index contributed by atoms with van der Waals surface area (Å²) in [7, 11) is 0. The molecule has 2 aromatic rings. The first-order valence-corrected chi connectivity index (χ1v) is 6.51. The average molecular weight is 327 g/mol. The van der Waals surface area contributed by atoms with Crippen LogP contribution in [0.1, 0.15) is 18.4 Å². The standard InChI is InChI=1S/C12H14IN3/c13-12-14-10-16(15-12)9-5-4-8-11-6-2-1-3-7-11/h1-3,6-7,10H,4-5,8-9H2. The van der Waals surface area contributed by atoms with Crippen LogP contribution >= 0.6 is 22.6 Å². The first-order chi connectivity index (χ1) is 7.84. The molecule has 16 heavy (non-hydrogen) atoms. The van der Waals surface area contributed by atoms with Crippen molar-refractivity contribution in [2.24, 2.45) is 0 Å². The van der Waals surface area contributed by atoms with Crippen molar-refractivity contribution in [3.63, 3.8) is 0 Å². The number of hydrogen-bond acceptors (Lipinski definition) is 2. The Morgan fingerprint density at radius 3 is 2.62 bits per heavy atom. The van der Waals surface area contributed by atoms with E-state index in [1.54, 1.807) is 6.33 Å².